The molecule has 1 aliphatic rings. The van der Waals surface area contributed by atoms with E-state index in [1.165, 1.54) is 5.56 Å². The minimum absolute atomic E-state index is 0.00397. The molecule has 0 spiro atoms. The summed E-state index contributed by atoms with van der Waals surface area (Å²) < 4.78 is 16.0. The third-order valence-corrected chi connectivity index (χ3v) is 5.42. The van der Waals surface area contributed by atoms with Gasteiger partial charge in [0.25, 0.3) is 0 Å². The number of carbonyl (C=O) groups excluding carboxylic acids is 1. The van der Waals surface area contributed by atoms with Gasteiger partial charge >= 0.3 is 0 Å². The molecule has 2 aromatic rings. The molecule has 0 saturated carbocycles. The molecule has 0 radical (unpaired) electrons. The fourth-order valence-electron chi connectivity index (χ4n) is 3.26. The minimum atomic E-state index is -0.00397. The summed E-state index contributed by atoms with van der Waals surface area (Å²) in [7, 11) is 3.19. The van der Waals surface area contributed by atoms with Crippen LogP contribution in [0.25, 0.3) is 0 Å². The smallest absolute Gasteiger partial charge is 0.224 e. The third kappa shape index (κ3) is 5.22. The summed E-state index contributed by atoms with van der Waals surface area (Å²) >= 11 is 1.68. The van der Waals surface area contributed by atoms with Crippen LogP contribution in [-0.4, -0.2) is 57.9 Å². The van der Waals surface area contributed by atoms with E-state index in [9.17, 15) is 4.79 Å². The van der Waals surface area contributed by atoms with E-state index in [2.05, 4.69) is 27.0 Å². The van der Waals surface area contributed by atoms with Crippen LogP contribution in [0.4, 0.5) is 0 Å². The van der Waals surface area contributed by atoms with E-state index in [0.29, 0.717) is 24.5 Å². The predicted octanol–water partition coefficient (Wildman–Crippen LogP) is 2.50. The quantitative estimate of drug-likeness (QED) is 0.751. The van der Waals surface area contributed by atoms with Gasteiger partial charge in [0.05, 0.1) is 39.9 Å². The van der Waals surface area contributed by atoms with Crippen molar-refractivity contribution in [2.24, 2.45) is 0 Å². The average molecular weight is 391 g/mol. The standard InChI is InChI=1S/C20H26N2O4S/c1-24-18-4-3-15(11-19(18)25-2)12-20(23)21-13-17(16-5-10-27-14-16)22-6-8-26-9-7-22/h3-5,10-11,14,17H,6-9,12-13H2,1-2H3,(H,21,23). The van der Waals surface area contributed by atoms with Gasteiger partial charge in [-0.3, -0.25) is 9.69 Å². The topological polar surface area (TPSA) is 60.0 Å². The Bertz CT molecular complexity index is 730. The number of hydrogen-bond donors (Lipinski definition) is 1. The van der Waals surface area contributed by atoms with Crippen LogP contribution in [-0.2, 0) is 16.0 Å². The van der Waals surface area contributed by atoms with Gasteiger partial charge in [0.15, 0.2) is 11.5 Å². The van der Waals surface area contributed by atoms with E-state index in [0.717, 1.165) is 31.9 Å². The zero-order valence-corrected chi connectivity index (χ0v) is 16.6. The van der Waals surface area contributed by atoms with Crippen molar-refractivity contribution in [3.8, 4) is 11.5 Å². The van der Waals surface area contributed by atoms with Gasteiger partial charge in [0.1, 0.15) is 0 Å². The zero-order chi connectivity index (χ0) is 19.1. The van der Waals surface area contributed by atoms with E-state index < -0.39 is 0 Å². The number of methoxy groups -OCH3 is 2. The molecule has 146 valence electrons. The molecule has 1 fully saturated rings. The number of morpholine rings is 1. The normalized spacial score (nSPS) is 15.9. The zero-order valence-electron chi connectivity index (χ0n) is 15.8. The molecule has 6 nitrogen and oxygen atoms in total. The maximum absolute atomic E-state index is 12.5. The molecule has 1 amide bonds. The SMILES string of the molecule is COc1ccc(CC(=O)NCC(c2ccsc2)N2CCOCC2)cc1OC. The summed E-state index contributed by atoms with van der Waals surface area (Å²) in [5.74, 6) is 1.29. The van der Waals surface area contributed by atoms with E-state index in [4.69, 9.17) is 14.2 Å². The summed E-state index contributed by atoms with van der Waals surface area (Å²) in [4.78, 5) is 14.9. The van der Waals surface area contributed by atoms with Crippen molar-refractivity contribution in [1.29, 1.82) is 0 Å². The molecule has 1 atom stereocenters. The Labute approximate surface area is 164 Å². The second kappa shape index (κ2) is 9.73. The van der Waals surface area contributed by atoms with Crippen molar-refractivity contribution in [3.63, 3.8) is 0 Å². The number of rotatable bonds is 8. The molecule has 1 N–H and O–H groups in total. The first kappa shape index (κ1) is 19.7. The summed E-state index contributed by atoms with van der Waals surface area (Å²) in [6, 6.07) is 7.86. The van der Waals surface area contributed by atoms with Crippen LogP contribution in [0.5, 0.6) is 11.5 Å². The molecule has 1 aromatic carbocycles. The largest absolute Gasteiger partial charge is 0.493 e. The van der Waals surface area contributed by atoms with Gasteiger partial charge in [-0.2, -0.15) is 11.3 Å². The third-order valence-electron chi connectivity index (χ3n) is 4.72. The van der Waals surface area contributed by atoms with Gasteiger partial charge in [-0.15, -0.1) is 0 Å². The second-order valence-electron chi connectivity index (χ2n) is 6.39. The first-order valence-electron chi connectivity index (χ1n) is 9.02. The van der Waals surface area contributed by atoms with E-state index in [1.54, 1.807) is 25.6 Å². The summed E-state index contributed by atoms with van der Waals surface area (Å²) in [6.45, 7) is 3.82. The Morgan fingerprint density at radius 3 is 2.67 bits per heavy atom. The summed E-state index contributed by atoms with van der Waals surface area (Å²) in [5, 5.41) is 7.33. The van der Waals surface area contributed by atoms with E-state index in [1.807, 2.05) is 18.2 Å². The predicted molar refractivity (Wildman–Crippen MR) is 106 cm³/mol. The maximum Gasteiger partial charge on any atom is 0.224 e. The Kier molecular flexibility index (Phi) is 7.09. The molecule has 0 bridgehead atoms. The highest BCUT2D eigenvalue weighted by molar-refractivity contribution is 7.07. The number of nitrogens with one attached hydrogen (secondary N) is 1. The molecule has 1 aromatic heterocycles. The maximum atomic E-state index is 12.5. The van der Waals surface area contributed by atoms with Gasteiger partial charge in [0.2, 0.25) is 5.91 Å². The molecule has 3 rings (SSSR count). The van der Waals surface area contributed by atoms with Crippen LogP contribution in [0.1, 0.15) is 17.2 Å². The fourth-order valence-corrected chi connectivity index (χ4v) is 3.97. The van der Waals surface area contributed by atoms with Crippen molar-refractivity contribution >= 4 is 17.2 Å². The monoisotopic (exact) mass is 390 g/mol. The van der Waals surface area contributed by atoms with Gasteiger partial charge in [-0.25, -0.2) is 0 Å². The molecular weight excluding hydrogens is 364 g/mol. The second-order valence-corrected chi connectivity index (χ2v) is 7.17. The van der Waals surface area contributed by atoms with Crippen LogP contribution < -0.4 is 14.8 Å². The molecule has 0 aliphatic carbocycles. The van der Waals surface area contributed by atoms with Gasteiger partial charge in [0, 0.05) is 19.6 Å². The Morgan fingerprint density at radius 2 is 2.00 bits per heavy atom. The molecule has 7 heteroatoms. The van der Waals surface area contributed by atoms with Crippen molar-refractivity contribution in [1.82, 2.24) is 10.2 Å². The summed E-state index contributed by atoms with van der Waals surface area (Å²) in [5.41, 5.74) is 2.14. The molecular formula is C20H26N2O4S. The number of amides is 1. The van der Waals surface area contributed by atoms with Gasteiger partial charge in [-0.1, -0.05) is 6.07 Å². The van der Waals surface area contributed by atoms with Crippen molar-refractivity contribution in [3.05, 3.63) is 46.2 Å². The fraction of sp³-hybridized carbons (Fsp3) is 0.450. The lowest BCUT2D eigenvalue weighted by atomic mass is 10.1. The summed E-state index contributed by atoms with van der Waals surface area (Å²) in [6.07, 6.45) is 0.305. The number of nitrogens with zero attached hydrogens (tertiary/aromatic N) is 1. The lowest BCUT2D eigenvalue weighted by Gasteiger charge is -2.34. The first-order chi connectivity index (χ1) is 13.2. The molecule has 1 unspecified atom stereocenters. The van der Waals surface area contributed by atoms with Crippen LogP contribution in [0.15, 0.2) is 35.0 Å². The minimum Gasteiger partial charge on any atom is -0.493 e. The molecule has 2 heterocycles. The molecule has 27 heavy (non-hydrogen) atoms. The first-order valence-corrected chi connectivity index (χ1v) is 9.97. The van der Waals surface area contributed by atoms with Crippen LogP contribution in [0, 0.1) is 0 Å². The van der Waals surface area contributed by atoms with E-state index in [-0.39, 0.29) is 11.9 Å². The highest BCUT2D eigenvalue weighted by Gasteiger charge is 2.23. The van der Waals surface area contributed by atoms with Crippen molar-refractivity contribution in [2.75, 3.05) is 47.1 Å². The average Bonchev–Trinajstić information content (AvgIpc) is 3.23. The number of thiophene rings is 1. The van der Waals surface area contributed by atoms with Gasteiger partial charge < -0.3 is 19.5 Å². The highest BCUT2D eigenvalue weighted by atomic mass is 32.1. The van der Waals surface area contributed by atoms with Crippen molar-refractivity contribution < 1.29 is 19.0 Å². The van der Waals surface area contributed by atoms with Crippen LogP contribution >= 0.6 is 11.3 Å². The Morgan fingerprint density at radius 1 is 1.22 bits per heavy atom. The Hall–Kier alpha value is -2.09. The number of benzene rings is 1. The van der Waals surface area contributed by atoms with Crippen LogP contribution in [0.3, 0.4) is 0 Å². The van der Waals surface area contributed by atoms with Crippen molar-refractivity contribution in [2.45, 2.75) is 12.5 Å². The lowest BCUT2D eigenvalue weighted by Crippen LogP contribution is -2.43. The number of hydrogen-bond acceptors (Lipinski definition) is 6. The number of ether oxygens (including phenoxy) is 3. The molecule has 1 saturated heterocycles. The van der Waals surface area contributed by atoms with E-state index >= 15 is 0 Å². The van der Waals surface area contributed by atoms with Gasteiger partial charge in [-0.05, 0) is 40.1 Å². The Balaban J connectivity index is 1.60. The number of carbonyl (C=O) groups is 1. The van der Waals surface area contributed by atoms with Crippen LogP contribution in [0.2, 0.25) is 0 Å². The highest BCUT2D eigenvalue weighted by Crippen LogP contribution is 2.28. The lowest BCUT2D eigenvalue weighted by molar-refractivity contribution is -0.120. The molecule has 1 aliphatic heterocycles.